The second-order valence-corrected chi connectivity index (χ2v) is 3.39. The van der Waals surface area contributed by atoms with Crippen molar-refractivity contribution >= 4 is 36.1 Å². The molecule has 1 nitrogen and oxygen atoms in total. The number of hydrogen-bond acceptors (Lipinski definition) is 1. The van der Waals surface area contributed by atoms with Crippen molar-refractivity contribution in [2.75, 3.05) is 7.11 Å². The van der Waals surface area contributed by atoms with E-state index in [4.69, 9.17) is 0 Å². The molecule has 0 radical (unpaired) electrons. The first-order valence-electron chi connectivity index (χ1n) is 1.08. The van der Waals surface area contributed by atoms with Crippen molar-refractivity contribution < 1.29 is 4.65 Å². The topological polar surface area (TPSA) is 9.23 Å². The van der Waals surface area contributed by atoms with Crippen LogP contribution in [-0.2, 0) is 4.65 Å². The molecular formula is CH3BBr2O. The van der Waals surface area contributed by atoms with Crippen molar-refractivity contribution in [2.45, 2.75) is 0 Å². The Hall–Kier alpha value is 0.985. The number of halogens is 2. The van der Waals surface area contributed by atoms with Crippen LogP contribution in [0.4, 0.5) is 0 Å². The van der Waals surface area contributed by atoms with E-state index in [1.165, 1.54) is 0 Å². The van der Waals surface area contributed by atoms with E-state index in [0.29, 0.717) is 0 Å². The zero-order chi connectivity index (χ0) is 4.28. The first kappa shape index (κ1) is 5.98. The Labute approximate surface area is 48.1 Å². The molecule has 0 saturated carbocycles. The Bertz CT molecular complexity index is 23.6. The van der Waals surface area contributed by atoms with Crippen molar-refractivity contribution in [3.05, 3.63) is 0 Å². The van der Waals surface area contributed by atoms with Crippen molar-refractivity contribution in [2.24, 2.45) is 0 Å². The molecule has 0 aromatic carbocycles. The molecule has 0 aliphatic heterocycles. The third kappa shape index (κ3) is 4.98. The third-order valence-corrected chi connectivity index (χ3v) is 0.926. The molecule has 0 aliphatic rings. The van der Waals surface area contributed by atoms with Gasteiger partial charge in [-0.1, -0.05) is 0 Å². The van der Waals surface area contributed by atoms with E-state index in [-0.39, 0.29) is 4.56 Å². The molecule has 0 atom stereocenters. The normalized spacial score (nSPS) is 7.80. The van der Waals surface area contributed by atoms with Crippen LogP contribution in [-0.4, -0.2) is 11.7 Å². The van der Waals surface area contributed by atoms with Crippen molar-refractivity contribution in [1.29, 1.82) is 0 Å². The fourth-order valence-electron chi connectivity index (χ4n) is 0. The molecule has 0 aliphatic carbocycles. The second kappa shape index (κ2) is 3.19. The van der Waals surface area contributed by atoms with Gasteiger partial charge in [0.05, 0.1) is 0 Å². The van der Waals surface area contributed by atoms with Gasteiger partial charge in [0.2, 0.25) is 0 Å². The van der Waals surface area contributed by atoms with Gasteiger partial charge in [0, 0.05) is 7.11 Å². The lowest BCUT2D eigenvalue weighted by Gasteiger charge is -1.84. The van der Waals surface area contributed by atoms with Crippen LogP contribution >= 0.6 is 31.5 Å². The molecule has 5 heavy (non-hydrogen) atoms. The average Bonchev–Trinajstić information content (AvgIpc) is 1.38. The van der Waals surface area contributed by atoms with Crippen LogP contribution in [0.2, 0.25) is 0 Å². The molecule has 0 aromatic heterocycles. The minimum atomic E-state index is 0.00926. The summed E-state index contributed by atoms with van der Waals surface area (Å²) in [5, 5.41) is 0. The van der Waals surface area contributed by atoms with Crippen LogP contribution < -0.4 is 0 Å². The second-order valence-electron chi connectivity index (χ2n) is 0.496. The lowest BCUT2D eigenvalue weighted by molar-refractivity contribution is 0.453. The Morgan fingerprint density at radius 1 is 1.60 bits per heavy atom. The van der Waals surface area contributed by atoms with Gasteiger partial charge in [0.25, 0.3) is 0 Å². The predicted octanol–water partition coefficient (Wildman–Crippen LogP) is 1.41. The van der Waals surface area contributed by atoms with Gasteiger partial charge in [-0.25, -0.2) is 0 Å². The zero-order valence-electron chi connectivity index (χ0n) is 2.74. The van der Waals surface area contributed by atoms with Crippen LogP contribution in [0, 0.1) is 0 Å². The Kier molecular flexibility index (Phi) is 3.81. The fourth-order valence-corrected chi connectivity index (χ4v) is 0. The summed E-state index contributed by atoms with van der Waals surface area (Å²) in [5.74, 6) is 0. The van der Waals surface area contributed by atoms with Crippen LogP contribution in [0.1, 0.15) is 0 Å². The number of rotatable bonds is 1. The molecule has 0 unspecified atom stereocenters. The molecule has 0 bridgehead atoms. The van der Waals surface area contributed by atoms with E-state index in [9.17, 15) is 0 Å². The summed E-state index contributed by atoms with van der Waals surface area (Å²) in [5.41, 5.74) is 0. The Balaban J connectivity index is 2.54. The highest BCUT2D eigenvalue weighted by molar-refractivity contribution is 9.48. The zero-order valence-corrected chi connectivity index (χ0v) is 5.91. The van der Waals surface area contributed by atoms with Gasteiger partial charge in [0.15, 0.2) is 0 Å². The summed E-state index contributed by atoms with van der Waals surface area (Å²) in [4.78, 5) is 0. The van der Waals surface area contributed by atoms with E-state index >= 15 is 0 Å². The van der Waals surface area contributed by atoms with E-state index in [1.54, 1.807) is 7.11 Å². The monoisotopic (exact) mass is 200 g/mol. The summed E-state index contributed by atoms with van der Waals surface area (Å²) in [6.07, 6.45) is 0. The SMILES string of the molecule is COB(Br)Br. The summed E-state index contributed by atoms with van der Waals surface area (Å²) in [7, 11) is 1.61. The molecule has 0 rings (SSSR count). The largest absolute Gasteiger partial charge is 0.449 e. The summed E-state index contributed by atoms with van der Waals surface area (Å²) < 4.78 is 4.59. The van der Waals surface area contributed by atoms with Gasteiger partial charge in [0.1, 0.15) is 0 Å². The van der Waals surface area contributed by atoms with E-state index < -0.39 is 0 Å². The summed E-state index contributed by atoms with van der Waals surface area (Å²) >= 11 is 6.14. The standard InChI is InChI=1S/CH3BBr2O/c1-5-2(3)4/h1H3. The quantitative estimate of drug-likeness (QED) is 0.583. The van der Waals surface area contributed by atoms with Gasteiger partial charge in [-0.15, -0.1) is 31.5 Å². The lowest BCUT2D eigenvalue weighted by atomic mass is 10.6. The molecule has 30 valence electrons. The average molecular weight is 202 g/mol. The Morgan fingerprint density at radius 3 is 1.80 bits per heavy atom. The molecule has 4 heteroatoms. The van der Waals surface area contributed by atoms with Crippen LogP contribution in [0.25, 0.3) is 0 Å². The lowest BCUT2D eigenvalue weighted by Crippen LogP contribution is -1.91. The molecule has 0 saturated heterocycles. The highest BCUT2D eigenvalue weighted by Gasteiger charge is 1.96. The Morgan fingerprint density at radius 2 is 1.80 bits per heavy atom. The van der Waals surface area contributed by atoms with Gasteiger partial charge >= 0.3 is 4.56 Å². The first-order chi connectivity index (χ1) is 2.27. The molecule has 0 fully saturated rings. The maximum Gasteiger partial charge on any atom is 0.449 e. The van der Waals surface area contributed by atoms with E-state index in [1.807, 2.05) is 0 Å². The minimum Gasteiger partial charge on any atom is -0.419 e. The van der Waals surface area contributed by atoms with Crippen LogP contribution in [0.15, 0.2) is 0 Å². The van der Waals surface area contributed by atoms with Crippen molar-refractivity contribution in [3.8, 4) is 0 Å². The maximum absolute atomic E-state index is 4.58. The van der Waals surface area contributed by atoms with E-state index in [0.717, 1.165) is 0 Å². The number of hydrogen-bond donors (Lipinski definition) is 0. The molecule has 0 aromatic rings. The fraction of sp³-hybridized carbons (Fsp3) is 1.00. The third-order valence-electron chi connectivity index (χ3n) is 0.178. The van der Waals surface area contributed by atoms with Crippen LogP contribution in [0.3, 0.4) is 0 Å². The summed E-state index contributed by atoms with van der Waals surface area (Å²) in [6.45, 7) is 0. The van der Waals surface area contributed by atoms with Crippen molar-refractivity contribution in [1.82, 2.24) is 0 Å². The summed E-state index contributed by atoms with van der Waals surface area (Å²) in [6, 6.07) is 0. The van der Waals surface area contributed by atoms with Gasteiger partial charge in [-0.2, -0.15) is 0 Å². The smallest absolute Gasteiger partial charge is 0.419 e. The maximum atomic E-state index is 4.58. The molecule has 0 N–H and O–H groups in total. The molecule has 0 spiro atoms. The van der Waals surface area contributed by atoms with Gasteiger partial charge in [-0.3, -0.25) is 0 Å². The van der Waals surface area contributed by atoms with E-state index in [2.05, 4.69) is 36.2 Å². The molecule has 0 heterocycles. The predicted molar refractivity (Wildman–Crippen MR) is 30.6 cm³/mol. The van der Waals surface area contributed by atoms with Crippen LogP contribution in [0.5, 0.6) is 0 Å². The molecule has 0 amide bonds. The van der Waals surface area contributed by atoms with Crippen molar-refractivity contribution in [3.63, 3.8) is 0 Å². The molecular weight excluding hydrogens is 199 g/mol. The van der Waals surface area contributed by atoms with Gasteiger partial charge in [-0.05, 0) is 0 Å². The first-order valence-corrected chi connectivity index (χ1v) is 2.91. The minimum absolute atomic E-state index is 0.00926. The van der Waals surface area contributed by atoms with Gasteiger partial charge < -0.3 is 4.65 Å². The highest BCUT2D eigenvalue weighted by atomic mass is 79.9. The highest BCUT2D eigenvalue weighted by Crippen LogP contribution is 1.99.